The van der Waals surface area contributed by atoms with Gasteiger partial charge in [-0.2, -0.15) is 11.8 Å². The van der Waals surface area contributed by atoms with Crippen molar-refractivity contribution in [2.24, 2.45) is 5.73 Å². The van der Waals surface area contributed by atoms with Gasteiger partial charge in [-0.15, -0.1) is 0 Å². The third-order valence-corrected chi connectivity index (χ3v) is 5.18. The maximum atomic E-state index is 5.88. The molecule has 5 heteroatoms. The highest BCUT2D eigenvalue weighted by atomic mass is 35.5. The van der Waals surface area contributed by atoms with E-state index in [9.17, 15) is 0 Å². The lowest BCUT2D eigenvalue weighted by Crippen LogP contribution is -2.46. The molecule has 0 aromatic carbocycles. The second kappa shape index (κ2) is 5.46. The fourth-order valence-corrected chi connectivity index (χ4v) is 3.06. The number of nitrogens with two attached hydrogens (primary N) is 1. The Morgan fingerprint density at radius 2 is 2.18 bits per heavy atom. The topological polar surface area (TPSA) is 42.1 Å². The average molecular weight is 272 g/mol. The third kappa shape index (κ3) is 2.87. The highest BCUT2D eigenvalue weighted by molar-refractivity contribution is 8.00. The molecule has 0 spiro atoms. The first-order chi connectivity index (χ1) is 8.19. The van der Waals surface area contributed by atoms with Gasteiger partial charge in [0.05, 0.1) is 5.02 Å². The van der Waals surface area contributed by atoms with E-state index in [0.29, 0.717) is 5.02 Å². The summed E-state index contributed by atoms with van der Waals surface area (Å²) in [6.45, 7) is 2.80. The summed E-state index contributed by atoms with van der Waals surface area (Å²) in [5.41, 5.74) is 5.88. The molecule has 2 heterocycles. The summed E-state index contributed by atoms with van der Waals surface area (Å²) in [6, 6.07) is 3.88. The molecule has 0 aliphatic carbocycles. The molecule has 2 rings (SSSR count). The van der Waals surface area contributed by atoms with E-state index in [4.69, 9.17) is 17.3 Å². The molecule has 1 saturated heterocycles. The van der Waals surface area contributed by atoms with E-state index in [-0.39, 0.29) is 4.75 Å². The smallest absolute Gasteiger partial charge is 0.128 e. The molecule has 1 aliphatic rings. The second-order valence-electron chi connectivity index (χ2n) is 4.41. The fraction of sp³-hybridized carbons (Fsp3) is 0.583. The number of halogens is 1. The van der Waals surface area contributed by atoms with Crippen LogP contribution in [-0.4, -0.2) is 35.6 Å². The molecule has 1 fully saturated rings. The summed E-state index contributed by atoms with van der Waals surface area (Å²) in [5.74, 6) is 1.01. The molecule has 2 N–H and O–H groups in total. The highest BCUT2D eigenvalue weighted by Gasteiger charge is 2.32. The minimum atomic E-state index is 0.267. The SMILES string of the molecule is CSC1(CN)CCN(c2ccc(Cl)cn2)CC1. The quantitative estimate of drug-likeness (QED) is 0.917. The lowest BCUT2D eigenvalue weighted by molar-refractivity contribution is 0.455. The largest absolute Gasteiger partial charge is 0.357 e. The maximum absolute atomic E-state index is 5.88. The predicted octanol–water partition coefficient (Wildman–Crippen LogP) is 2.40. The minimum absolute atomic E-state index is 0.267. The zero-order chi connectivity index (χ0) is 12.3. The van der Waals surface area contributed by atoms with Gasteiger partial charge in [-0.05, 0) is 31.2 Å². The molecule has 0 radical (unpaired) electrons. The van der Waals surface area contributed by atoms with E-state index >= 15 is 0 Å². The Bertz CT molecular complexity index is 355. The average Bonchev–Trinajstić information content (AvgIpc) is 2.40. The first-order valence-electron chi connectivity index (χ1n) is 5.81. The lowest BCUT2D eigenvalue weighted by atomic mass is 9.96. The van der Waals surface area contributed by atoms with Gasteiger partial charge in [0.1, 0.15) is 5.82 Å². The number of hydrogen-bond donors (Lipinski definition) is 1. The summed E-state index contributed by atoms with van der Waals surface area (Å²) < 4.78 is 0.267. The van der Waals surface area contributed by atoms with Crippen LogP contribution < -0.4 is 10.6 Å². The van der Waals surface area contributed by atoms with Gasteiger partial charge in [-0.25, -0.2) is 4.98 Å². The molecule has 1 aliphatic heterocycles. The van der Waals surface area contributed by atoms with E-state index in [1.54, 1.807) is 6.20 Å². The van der Waals surface area contributed by atoms with E-state index < -0.39 is 0 Å². The Hall–Kier alpha value is -0.450. The molecule has 0 amide bonds. The lowest BCUT2D eigenvalue weighted by Gasteiger charge is -2.40. The Kier molecular flexibility index (Phi) is 4.17. The van der Waals surface area contributed by atoms with Gasteiger partial charge in [-0.1, -0.05) is 11.6 Å². The zero-order valence-corrected chi connectivity index (χ0v) is 11.6. The Balaban J connectivity index is 2.01. The summed E-state index contributed by atoms with van der Waals surface area (Å²) in [6.07, 6.45) is 6.10. The predicted molar refractivity (Wildman–Crippen MR) is 76.0 cm³/mol. The summed E-state index contributed by atoms with van der Waals surface area (Å²) in [5, 5.41) is 0.686. The van der Waals surface area contributed by atoms with E-state index in [0.717, 1.165) is 38.3 Å². The molecule has 94 valence electrons. The van der Waals surface area contributed by atoms with Crippen LogP contribution in [0.15, 0.2) is 18.3 Å². The van der Waals surface area contributed by atoms with Crippen LogP contribution in [0.3, 0.4) is 0 Å². The number of rotatable bonds is 3. The molecular formula is C12H18ClN3S. The number of aromatic nitrogens is 1. The fourth-order valence-electron chi connectivity index (χ4n) is 2.19. The minimum Gasteiger partial charge on any atom is -0.357 e. The van der Waals surface area contributed by atoms with E-state index in [1.807, 2.05) is 23.9 Å². The van der Waals surface area contributed by atoms with Crippen molar-refractivity contribution in [1.29, 1.82) is 0 Å². The van der Waals surface area contributed by atoms with Crippen LogP contribution >= 0.6 is 23.4 Å². The van der Waals surface area contributed by atoms with Gasteiger partial charge < -0.3 is 10.6 Å². The first-order valence-corrected chi connectivity index (χ1v) is 7.41. The maximum Gasteiger partial charge on any atom is 0.128 e. The van der Waals surface area contributed by atoms with Crippen molar-refractivity contribution in [3.05, 3.63) is 23.4 Å². The number of thioether (sulfide) groups is 1. The third-order valence-electron chi connectivity index (χ3n) is 3.52. The number of nitrogens with zero attached hydrogens (tertiary/aromatic N) is 2. The summed E-state index contributed by atoms with van der Waals surface area (Å²) in [4.78, 5) is 6.66. The number of pyridine rings is 1. The van der Waals surface area contributed by atoms with Gasteiger partial charge in [0, 0.05) is 30.6 Å². The molecule has 1 aromatic heterocycles. The van der Waals surface area contributed by atoms with Crippen molar-refractivity contribution in [2.45, 2.75) is 17.6 Å². The standard InChI is InChI=1S/C12H18ClN3S/c1-17-12(9-14)4-6-16(7-5-12)11-3-2-10(13)8-15-11/h2-3,8H,4-7,9,14H2,1H3. The van der Waals surface area contributed by atoms with Crippen LogP contribution in [0.1, 0.15) is 12.8 Å². The van der Waals surface area contributed by atoms with Crippen LogP contribution in [0, 0.1) is 0 Å². The van der Waals surface area contributed by atoms with Gasteiger partial charge >= 0.3 is 0 Å². The van der Waals surface area contributed by atoms with Gasteiger partial charge in [-0.3, -0.25) is 0 Å². The first kappa shape index (κ1) is 13.0. The van der Waals surface area contributed by atoms with E-state index in [2.05, 4.69) is 16.1 Å². The number of hydrogen-bond acceptors (Lipinski definition) is 4. The number of piperidine rings is 1. The summed E-state index contributed by atoms with van der Waals surface area (Å²) >= 11 is 7.74. The second-order valence-corrected chi connectivity index (χ2v) is 6.12. The normalized spacial score (nSPS) is 19.4. The molecule has 0 bridgehead atoms. The van der Waals surface area contributed by atoms with Gasteiger partial charge in [0.25, 0.3) is 0 Å². The van der Waals surface area contributed by atoms with Gasteiger partial charge in [0.15, 0.2) is 0 Å². The zero-order valence-electron chi connectivity index (χ0n) is 10.0. The van der Waals surface area contributed by atoms with E-state index in [1.165, 1.54) is 0 Å². The van der Waals surface area contributed by atoms with Gasteiger partial charge in [0.2, 0.25) is 0 Å². The van der Waals surface area contributed by atoms with Crippen molar-refractivity contribution in [1.82, 2.24) is 4.98 Å². The Morgan fingerprint density at radius 3 is 2.65 bits per heavy atom. The number of anilines is 1. The van der Waals surface area contributed by atoms with Crippen LogP contribution in [0.2, 0.25) is 5.02 Å². The van der Waals surface area contributed by atoms with Crippen molar-refractivity contribution in [3.63, 3.8) is 0 Å². The van der Waals surface area contributed by atoms with Crippen LogP contribution in [0.25, 0.3) is 0 Å². The van der Waals surface area contributed by atoms with Crippen molar-refractivity contribution < 1.29 is 0 Å². The van der Waals surface area contributed by atoms with Crippen LogP contribution in [0.4, 0.5) is 5.82 Å². The Labute approximate surface area is 112 Å². The molecule has 0 saturated carbocycles. The molecule has 3 nitrogen and oxygen atoms in total. The summed E-state index contributed by atoms with van der Waals surface area (Å²) in [7, 11) is 0. The van der Waals surface area contributed by atoms with Crippen LogP contribution in [0.5, 0.6) is 0 Å². The molecular weight excluding hydrogens is 254 g/mol. The molecule has 1 aromatic rings. The monoisotopic (exact) mass is 271 g/mol. The molecule has 17 heavy (non-hydrogen) atoms. The molecule has 0 atom stereocenters. The van der Waals surface area contributed by atoms with Crippen molar-refractivity contribution in [3.8, 4) is 0 Å². The highest BCUT2D eigenvalue weighted by Crippen LogP contribution is 2.34. The Morgan fingerprint density at radius 1 is 1.47 bits per heavy atom. The molecule has 0 unspecified atom stereocenters. The van der Waals surface area contributed by atoms with Crippen molar-refractivity contribution in [2.75, 3.05) is 30.8 Å². The van der Waals surface area contributed by atoms with Crippen LogP contribution in [-0.2, 0) is 0 Å². The van der Waals surface area contributed by atoms with Crippen molar-refractivity contribution >= 4 is 29.2 Å².